The number of benzene rings is 1. The van der Waals surface area contributed by atoms with Crippen molar-refractivity contribution >= 4 is 41.1 Å². The van der Waals surface area contributed by atoms with Crippen molar-refractivity contribution in [2.45, 2.75) is 0 Å². The fourth-order valence-electron chi connectivity index (χ4n) is 1.56. The number of guanidine groups is 1. The average molecular weight is 316 g/mol. The molecule has 0 aromatic heterocycles. The second-order valence-corrected chi connectivity index (χ2v) is 4.87. The van der Waals surface area contributed by atoms with Crippen LogP contribution in [-0.4, -0.2) is 49.1 Å². The Hall–Kier alpha value is -1.46. The van der Waals surface area contributed by atoms with Crippen LogP contribution < -0.4 is 10.6 Å². The minimum atomic E-state index is -0.103. The number of halogens is 2. The monoisotopic (exact) mass is 315 g/mol. The number of nitrogens with two attached hydrogens (primary N) is 1. The summed E-state index contributed by atoms with van der Waals surface area (Å²) in [4.78, 5) is 2.13. The van der Waals surface area contributed by atoms with Crippen LogP contribution in [0.15, 0.2) is 29.4 Å². The lowest BCUT2D eigenvalue weighted by Crippen LogP contribution is -2.28. The topological polar surface area (TPSA) is 68.7 Å². The van der Waals surface area contributed by atoms with Gasteiger partial charge in [0.25, 0.3) is 0 Å². The molecule has 0 heterocycles. The minimum absolute atomic E-state index is 0.103. The van der Waals surface area contributed by atoms with Crippen molar-refractivity contribution in [3.8, 4) is 0 Å². The van der Waals surface area contributed by atoms with E-state index in [2.05, 4.69) is 10.0 Å². The summed E-state index contributed by atoms with van der Waals surface area (Å²) >= 11 is 11.6. The third-order valence-corrected chi connectivity index (χ3v) is 3.03. The van der Waals surface area contributed by atoms with Gasteiger partial charge >= 0.3 is 0 Å². The largest absolute Gasteiger partial charge is 0.369 e. The molecule has 20 heavy (non-hydrogen) atoms. The molecule has 0 aliphatic carbocycles. The molecule has 0 atom stereocenters. The lowest BCUT2D eigenvalue weighted by molar-refractivity contribution is 0.536. The highest BCUT2D eigenvalue weighted by Gasteiger charge is 2.04. The van der Waals surface area contributed by atoms with E-state index in [0.717, 1.165) is 24.3 Å². The van der Waals surface area contributed by atoms with Crippen LogP contribution in [0.3, 0.4) is 0 Å². The molecule has 0 spiro atoms. The predicted molar refractivity (Wildman–Crippen MR) is 87.4 cm³/mol. The van der Waals surface area contributed by atoms with Crippen molar-refractivity contribution in [2.75, 3.05) is 36.8 Å². The normalized spacial score (nSPS) is 10.8. The van der Waals surface area contributed by atoms with Gasteiger partial charge in [0, 0.05) is 37.6 Å². The maximum atomic E-state index is 7.21. The Balaban J connectivity index is 2.74. The Kier molecular flexibility index (Phi) is 7.18. The molecule has 7 heteroatoms. The number of hydrazone groups is 1. The second kappa shape index (κ2) is 8.66. The minimum Gasteiger partial charge on any atom is -0.369 e. The summed E-state index contributed by atoms with van der Waals surface area (Å²) in [5.74, 6) is 1.01. The molecule has 0 aliphatic rings. The molecular formula is C13H19Cl2N5. The first-order valence-corrected chi connectivity index (χ1v) is 7.24. The van der Waals surface area contributed by atoms with Gasteiger partial charge in [-0.15, -0.1) is 23.2 Å². The smallest absolute Gasteiger partial charge is 0.208 e. The molecule has 1 aromatic carbocycles. The molecule has 0 fully saturated rings. The molecule has 0 radical (unpaired) electrons. The fourth-order valence-corrected chi connectivity index (χ4v) is 1.97. The third-order valence-electron chi connectivity index (χ3n) is 2.70. The van der Waals surface area contributed by atoms with Crippen LogP contribution in [0.2, 0.25) is 0 Å². The quantitative estimate of drug-likeness (QED) is 0.350. The Morgan fingerprint density at radius 3 is 2.25 bits per heavy atom. The Morgan fingerprint density at radius 2 is 1.80 bits per heavy atom. The first-order valence-electron chi connectivity index (χ1n) is 6.17. The zero-order valence-corrected chi connectivity index (χ0v) is 12.9. The van der Waals surface area contributed by atoms with Gasteiger partial charge in [-0.25, -0.2) is 5.01 Å². The molecule has 0 saturated heterocycles. The van der Waals surface area contributed by atoms with Crippen LogP contribution in [0.4, 0.5) is 5.69 Å². The summed E-state index contributed by atoms with van der Waals surface area (Å²) in [6.07, 6.45) is 1.65. The molecule has 0 saturated carbocycles. The van der Waals surface area contributed by atoms with E-state index in [0.29, 0.717) is 11.8 Å². The van der Waals surface area contributed by atoms with Gasteiger partial charge in [0.15, 0.2) is 0 Å². The van der Waals surface area contributed by atoms with Crippen molar-refractivity contribution < 1.29 is 0 Å². The Labute approximate surface area is 129 Å². The van der Waals surface area contributed by atoms with E-state index in [-0.39, 0.29) is 5.96 Å². The van der Waals surface area contributed by atoms with Crippen LogP contribution in [0.5, 0.6) is 0 Å². The molecule has 5 nitrogen and oxygen atoms in total. The van der Waals surface area contributed by atoms with E-state index in [1.165, 1.54) is 5.01 Å². The van der Waals surface area contributed by atoms with E-state index in [1.807, 2.05) is 24.3 Å². The zero-order valence-electron chi connectivity index (χ0n) is 11.4. The van der Waals surface area contributed by atoms with Gasteiger partial charge < -0.3 is 10.6 Å². The molecule has 110 valence electrons. The van der Waals surface area contributed by atoms with Crippen molar-refractivity contribution in [1.29, 1.82) is 5.41 Å². The highest BCUT2D eigenvalue weighted by Crippen LogP contribution is 2.15. The van der Waals surface area contributed by atoms with Gasteiger partial charge in [0.05, 0.1) is 6.21 Å². The number of alkyl halides is 2. The number of nitrogens with zero attached hydrogens (tertiary/aromatic N) is 3. The lowest BCUT2D eigenvalue weighted by Gasteiger charge is -2.22. The number of nitrogens with one attached hydrogen (secondary N) is 1. The molecule has 1 rings (SSSR count). The van der Waals surface area contributed by atoms with Gasteiger partial charge in [-0.1, -0.05) is 12.1 Å². The highest BCUT2D eigenvalue weighted by molar-refractivity contribution is 6.18. The molecule has 0 amide bonds. The molecule has 1 aromatic rings. The van der Waals surface area contributed by atoms with E-state index in [4.69, 9.17) is 34.3 Å². The SMILES string of the molecule is CN(/N=C/c1ccc(N(CCCl)CCCl)cc1)C(=N)N. The number of rotatable bonds is 7. The van der Waals surface area contributed by atoms with Gasteiger partial charge in [-0.2, -0.15) is 5.10 Å². The van der Waals surface area contributed by atoms with Crippen molar-refractivity contribution in [3.63, 3.8) is 0 Å². The number of hydrogen-bond donors (Lipinski definition) is 2. The number of hydrogen-bond acceptors (Lipinski definition) is 3. The maximum Gasteiger partial charge on any atom is 0.208 e. The highest BCUT2D eigenvalue weighted by atomic mass is 35.5. The number of anilines is 1. The Morgan fingerprint density at radius 1 is 1.25 bits per heavy atom. The summed E-state index contributed by atoms with van der Waals surface area (Å²) in [6, 6.07) is 7.88. The van der Waals surface area contributed by atoms with E-state index in [1.54, 1.807) is 13.3 Å². The van der Waals surface area contributed by atoms with Crippen molar-refractivity contribution in [2.24, 2.45) is 10.8 Å². The third kappa shape index (κ3) is 5.27. The summed E-state index contributed by atoms with van der Waals surface area (Å²) < 4.78 is 0. The standard InChI is InChI=1S/C13H19Cl2N5/c1-19(13(16)17)18-10-11-2-4-12(5-3-11)20(8-6-14)9-7-15/h2-5,10H,6-9H2,1H3,(H3,16,17)/b18-10+. The second-order valence-electron chi connectivity index (χ2n) is 4.11. The summed E-state index contributed by atoms with van der Waals surface area (Å²) in [6.45, 7) is 1.52. The van der Waals surface area contributed by atoms with Crippen LogP contribution >= 0.6 is 23.2 Å². The van der Waals surface area contributed by atoms with E-state index >= 15 is 0 Å². The summed E-state index contributed by atoms with van der Waals surface area (Å²) in [5, 5.41) is 12.5. The van der Waals surface area contributed by atoms with Gasteiger partial charge in [-0.05, 0) is 17.7 Å². The van der Waals surface area contributed by atoms with Crippen molar-refractivity contribution in [3.05, 3.63) is 29.8 Å². The van der Waals surface area contributed by atoms with Crippen LogP contribution in [0.25, 0.3) is 0 Å². The molecular weight excluding hydrogens is 297 g/mol. The summed E-state index contributed by atoms with van der Waals surface area (Å²) in [7, 11) is 1.62. The predicted octanol–water partition coefficient (Wildman–Crippen LogP) is 2.13. The first-order chi connectivity index (χ1) is 9.58. The van der Waals surface area contributed by atoms with E-state index < -0.39 is 0 Å². The average Bonchev–Trinajstić information content (AvgIpc) is 2.45. The van der Waals surface area contributed by atoms with E-state index in [9.17, 15) is 0 Å². The maximum absolute atomic E-state index is 7.21. The van der Waals surface area contributed by atoms with Gasteiger partial charge in [0.2, 0.25) is 5.96 Å². The van der Waals surface area contributed by atoms with Crippen LogP contribution in [-0.2, 0) is 0 Å². The van der Waals surface area contributed by atoms with Gasteiger partial charge in [-0.3, -0.25) is 5.41 Å². The van der Waals surface area contributed by atoms with Gasteiger partial charge in [0.1, 0.15) is 0 Å². The fraction of sp³-hybridized carbons (Fsp3) is 0.385. The molecule has 3 N–H and O–H groups in total. The van der Waals surface area contributed by atoms with Crippen LogP contribution in [0.1, 0.15) is 5.56 Å². The lowest BCUT2D eigenvalue weighted by atomic mass is 10.2. The molecule has 0 bridgehead atoms. The first kappa shape index (κ1) is 16.6. The molecule has 0 aliphatic heterocycles. The Bertz CT molecular complexity index is 441. The summed E-state index contributed by atoms with van der Waals surface area (Å²) in [5.41, 5.74) is 7.30. The molecule has 0 unspecified atom stereocenters. The van der Waals surface area contributed by atoms with Crippen molar-refractivity contribution in [1.82, 2.24) is 5.01 Å². The van der Waals surface area contributed by atoms with Crippen LogP contribution in [0, 0.1) is 5.41 Å². The zero-order chi connectivity index (χ0) is 15.0.